The molecule has 0 bridgehead atoms. The van der Waals surface area contributed by atoms with E-state index in [1.54, 1.807) is 6.07 Å². The molecule has 0 aliphatic carbocycles. The van der Waals surface area contributed by atoms with Gasteiger partial charge in [0.05, 0.1) is 6.04 Å². The lowest BCUT2D eigenvalue weighted by atomic mass is 9.94. The van der Waals surface area contributed by atoms with Crippen LogP contribution in [0, 0.1) is 5.82 Å². The molecule has 20 heavy (non-hydrogen) atoms. The summed E-state index contributed by atoms with van der Waals surface area (Å²) in [6.45, 7) is 9.36. The lowest BCUT2D eigenvalue weighted by molar-refractivity contribution is 0.0901. The topological polar surface area (TPSA) is 18.5 Å². The molecule has 0 spiro atoms. The monoisotopic (exact) mass is 277 g/mol. The van der Waals surface area contributed by atoms with Crippen LogP contribution in [0.5, 0.6) is 0 Å². The Bertz CT molecular complexity index is 455. The van der Waals surface area contributed by atoms with E-state index >= 15 is 0 Å². The molecular weight excluding hydrogens is 253 g/mol. The van der Waals surface area contributed by atoms with Crippen LogP contribution >= 0.6 is 0 Å². The summed E-state index contributed by atoms with van der Waals surface area (Å²) in [7, 11) is 0. The first kappa shape index (κ1) is 14.0. The van der Waals surface area contributed by atoms with E-state index in [-0.39, 0.29) is 11.9 Å². The first-order chi connectivity index (χ1) is 9.79. The van der Waals surface area contributed by atoms with Gasteiger partial charge in [-0.05, 0) is 24.6 Å². The first-order valence-electron chi connectivity index (χ1n) is 7.74. The van der Waals surface area contributed by atoms with Crippen molar-refractivity contribution in [1.82, 2.24) is 15.1 Å². The second-order valence-corrected chi connectivity index (χ2v) is 5.84. The summed E-state index contributed by atoms with van der Waals surface area (Å²) in [5.74, 6) is -0.0370. The van der Waals surface area contributed by atoms with E-state index in [1.807, 2.05) is 12.1 Å². The highest BCUT2D eigenvalue weighted by atomic mass is 19.1. The summed E-state index contributed by atoms with van der Waals surface area (Å²) in [5.41, 5.74) is 2.05. The van der Waals surface area contributed by atoms with Gasteiger partial charge in [-0.15, -0.1) is 0 Å². The standard InChI is InChI=1S/C16H24FN3/c1-2-6-19-7-9-20(10-8-19)15-12-18-11-13-4-3-5-14(17)16(13)15/h3-5,15,18H,2,6-12H2,1H3/t15-/m1/s1. The third-order valence-electron chi connectivity index (χ3n) is 4.52. The molecule has 1 saturated heterocycles. The molecular formula is C16H24FN3. The summed E-state index contributed by atoms with van der Waals surface area (Å²) in [6, 6.07) is 5.66. The van der Waals surface area contributed by atoms with Gasteiger partial charge >= 0.3 is 0 Å². The molecule has 0 radical (unpaired) electrons. The molecule has 0 aromatic heterocycles. The molecule has 0 unspecified atom stereocenters. The Morgan fingerprint density at radius 1 is 1.25 bits per heavy atom. The quantitative estimate of drug-likeness (QED) is 0.911. The number of hydrogen-bond donors (Lipinski definition) is 1. The molecule has 110 valence electrons. The highest BCUT2D eigenvalue weighted by molar-refractivity contribution is 5.33. The third-order valence-corrected chi connectivity index (χ3v) is 4.52. The van der Waals surface area contributed by atoms with Crippen molar-refractivity contribution in [2.75, 3.05) is 39.3 Å². The molecule has 2 aliphatic rings. The van der Waals surface area contributed by atoms with Gasteiger partial charge in [-0.2, -0.15) is 0 Å². The van der Waals surface area contributed by atoms with Crippen LogP contribution in [0.2, 0.25) is 0 Å². The van der Waals surface area contributed by atoms with Gasteiger partial charge in [-0.25, -0.2) is 4.39 Å². The van der Waals surface area contributed by atoms with Crippen molar-refractivity contribution in [1.29, 1.82) is 0 Å². The maximum absolute atomic E-state index is 14.2. The smallest absolute Gasteiger partial charge is 0.128 e. The summed E-state index contributed by atoms with van der Waals surface area (Å²) >= 11 is 0. The van der Waals surface area contributed by atoms with Gasteiger partial charge in [0.25, 0.3) is 0 Å². The van der Waals surface area contributed by atoms with Crippen molar-refractivity contribution in [3.05, 3.63) is 35.1 Å². The molecule has 2 heterocycles. The van der Waals surface area contributed by atoms with Gasteiger partial charge in [0, 0.05) is 44.8 Å². The lowest BCUT2D eigenvalue weighted by Gasteiger charge is -2.41. The summed E-state index contributed by atoms with van der Waals surface area (Å²) in [4.78, 5) is 4.95. The lowest BCUT2D eigenvalue weighted by Crippen LogP contribution is -2.50. The summed E-state index contributed by atoms with van der Waals surface area (Å²) in [5, 5.41) is 3.43. The normalized spacial score (nSPS) is 24.6. The van der Waals surface area contributed by atoms with Gasteiger partial charge < -0.3 is 10.2 Å². The number of piperazine rings is 1. The van der Waals surface area contributed by atoms with E-state index in [0.717, 1.165) is 50.4 Å². The van der Waals surface area contributed by atoms with Crippen LogP contribution in [0.25, 0.3) is 0 Å². The minimum absolute atomic E-state index is 0.0370. The second kappa shape index (κ2) is 6.20. The van der Waals surface area contributed by atoms with Crippen molar-refractivity contribution in [2.45, 2.75) is 25.9 Å². The SMILES string of the molecule is CCCN1CCN([C@@H]2CNCc3cccc(F)c32)CC1. The Labute approximate surface area is 120 Å². The molecule has 3 rings (SSSR count). The van der Waals surface area contributed by atoms with E-state index in [9.17, 15) is 4.39 Å². The van der Waals surface area contributed by atoms with Crippen LogP contribution in [0.3, 0.4) is 0 Å². The zero-order chi connectivity index (χ0) is 13.9. The van der Waals surface area contributed by atoms with Crippen molar-refractivity contribution in [2.24, 2.45) is 0 Å². The van der Waals surface area contributed by atoms with Crippen LogP contribution in [-0.2, 0) is 6.54 Å². The molecule has 1 aromatic rings. The highest BCUT2D eigenvalue weighted by Crippen LogP contribution is 2.30. The molecule has 1 N–H and O–H groups in total. The number of benzene rings is 1. The molecule has 2 aliphatic heterocycles. The minimum atomic E-state index is -0.0370. The van der Waals surface area contributed by atoms with Crippen molar-refractivity contribution >= 4 is 0 Å². The molecule has 0 saturated carbocycles. The van der Waals surface area contributed by atoms with E-state index in [2.05, 4.69) is 22.0 Å². The van der Waals surface area contributed by atoms with Gasteiger partial charge in [0.2, 0.25) is 0 Å². The number of nitrogens with one attached hydrogen (secondary N) is 1. The second-order valence-electron chi connectivity index (χ2n) is 5.84. The van der Waals surface area contributed by atoms with Gasteiger partial charge in [0.15, 0.2) is 0 Å². The number of fused-ring (bicyclic) bond motifs is 1. The van der Waals surface area contributed by atoms with Gasteiger partial charge in [0.1, 0.15) is 5.82 Å². The van der Waals surface area contributed by atoms with Crippen molar-refractivity contribution in [3.63, 3.8) is 0 Å². The van der Waals surface area contributed by atoms with Crippen LogP contribution in [0.4, 0.5) is 4.39 Å². The molecule has 0 amide bonds. The number of halogens is 1. The maximum Gasteiger partial charge on any atom is 0.128 e. The minimum Gasteiger partial charge on any atom is -0.311 e. The first-order valence-corrected chi connectivity index (χ1v) is 7.74. The Morgan fingerprint density at radius 2 is 2.05 bits per heavy atom. The van der Waals surface area contributed by atoms with E-state index in [1.165, 1.54) is 13.0 Å². The predicted octanol–water partition coefficient (Wildman–Crippen LogP) is 2.00. The van der Waals surface area contributed by atoms with Gasteiger partial charge in [-0.1, -0.05) is 19.1 Å². The Balaban J connectivity index is 1.74. The summed E-state index contributed by atoms with van der Waals surface area (Å²) in [6.07, 6.45) is 1.21. The van der Waals surface area contributed by atoms with E-state index < -0.39 is 0 Å². The Kier molecular flexibility index (Phi) is 4.34. The molecule has 1 atom stereocenters. The molecule has 4 heteroatoms. The molecule has 1 fully saturated rings. The Hall–Kier alpha value is -0.970. The van der Waals surface area contributed by atoms with Crippen LogP contribution in [0.1, 0.15) is 30.5 Å². The third kappa shape index (κ3) is 2.73. The average molecular weight is 277 g/mol. The van der Waals surface area contributed by atoms with Crippen LogP contribution in [-0.4, -0.2) is 49.1 Å². The fourth-order valence-corrected chi connectivity index (χ4v) is 3.48. The van der Waals surface area contributed by atoms with Crippen LogP contribution < -0.4 is 5.32 Å². The fourth-order valence-electron chi connectivity index (χ4n) is 3.48. The van der Waals surface area contributed by atoms with Gasteiger partial charge in [-0.3, -0.25) is 4.90 Å². The highest BCUT2D eigenvalue weighted by Gasteiger charge is 2.30. The van der Waals surface area contributed by atoms with Crippen molar-refractivity contribution in [3.8, 4) is 0 Å². The molecule has 1 aromatic carbocycles. The zero-order valence-corrected chi connectivity index (χ0v) is 12.2. The van der Waals surface area contributed by atoms with E-state index in [0.29, 0.717) is 0 Å². The van der Waals surface area contributed by atoms with Crippen LogP contribution in [0.15, 0.2) is 18.2 Å². The van der Waals surface area contributed by atoms with Crippen molar-refractivity contribution < 1.29 is 4.39 Å². The fraction of sp³-hybridized carbons (Fsp3) is 0.625. The van der Waals surface area contributed by atoms with E-state index in [4.69, 9.17) is 0 Å². The predicted molar refractivity (Wildman–Crippen MR) is 79.2 cm³/mol. The largest absolute Gasteiger partial charge is 0.311 e. The zero-order valence-electron chi connectivity index (χ0n) is 12.2. The maximum atomic E-state index is 14.2. The average Bonchev–Trinajstić information content (AvgIpc) is 2.48. The number of rotatable bonds is 3. The number of hydrogen-bond acceptors (Lipinski definition) is 3. The number of nitrogens with zero attached hydrogens (tertiary/aromatic N) is 2. The molecule has 3 nitrogen and oxygen atoms in total. The summed E-state index contributed by atoms with van der Waals surface area (Å²) < 4.78 is 14.2. The Morgan fingerprint density at radius 3 is 2.80 bits per heavy atom.